The van der Waals surface area contributed by atoms with Crippen molar-refractivity contribution in [3.63, 3.8) is 0 Å². The van der Waals surface area contributed by atoms with Crippen molar-refractivity contribution in [1.29, 1.82) is 0 Å². The lowest BCUT2D eigenvalue weighted by molar-refractivity contribution is 0.0255. The third kappa shape index (κ3) is 1.10. The van der Waals surface area contributed by atoms with Gasteiger partial charge in [0.15, 0.2) is 0 Å². The molecule has 0 saturated carbocycles. The maximum atomic E-state index is 5.94. The van der Waals surface area contributed by atoms with Crippen molar-refractivity contribution in [3.05, 3.63) is 12.2 Å². The molecule has 5 atom stereocenters. The molecule has 1 aliphatic heterocycles. The van der Waals surface area contributed by atoms with E-state index in [2.05, 4.69) is 39.8 Å². The van der Waals surface area contributed by atoms with Crippen LogP contribution in [0.25, 0.3) is 0 Å². The predicted molar refractivity (Wildman–Crippen MR) is 54.5 cm³/mol. The summed E-state index contributed by atoms with van der Waals surface area (Å²) in [7, 11) is 0. The van der Waals surface area contributed by atoms with Crippen molar-refractivity contribution in [2.75, 3.05) is 0 Å². The molecule has 0 aromatic heterocycles. The monoisotopic (exact) mass is 180 g/mol. The summed E-state index contributed by atoms with van der Waals surface area (Å²) in [5.74, 6) is 1.38. The third-order valence-corrected chi connectivity index (χ3v) is 4.46. The van der Waals surface area contributed by atoms with Crippen LogP contribution in [0, 0.1) is 17.3 Å². The fourth-order valence-electron chi connectivity index (χ4n) is 3.16. The quantitative estimate of drug-likeness (QED) is 0.521. The Labute approximate surface area is 81.2 Å². The minimum Gasteiger partial charge on any atom is -0.375 e. The second-order valence-electron chi connectivity index (χ2n) is 4.91. The van der Waals surface area contributed by atoms with Crippen molar-refractivity contribution >= 4 is 0 Å². The highest BCUT2D eigenvalue weighted by Crippen LogP contribution is 2.52. The first-order valence-electron chi connectivity index (χ1n) is 5.39. The van der Waals surface area contributed by atoms with E-state index in [0.717, 1.165) is 5.92 Å². The number of rotatable bonds is 0. The molecule has 0 aromatic rings. The summed E-state index contributed by atoms with van der Waals surface area (Å²) in [5, 5.41) is 0. The van der Waals surface area contributed by atoms with Gasteiger partial charge in [-0.05, 0) is 32.1 Å². The fraction of sp³-hybridized carbons (Fsp3) is 0.833. The maximum Gasteiger partial charge on any atom is 0.0613 e. The summed E-state index contributed by atoms with van der Waals surface area (Å²) in [6.07, 6.45) is 6.73. The molecule has 0 spiro atoms. The van der Waals surface area contributed by atoms with Crippen molar-refractivity contribution in [1.82, 2.24) is 0 Å². The molecule has 1 heteroatoms. The van der Waals surface area contributed by atoms with E-state index < -0.39 is 0 Å². The van der Waals surface area contributed by atoms with Gasteiger partial charge in [0.25, 0.3) is 0 Å². The molecule has 13 heavy (non-hydrogen) atoms. The fourth-order valence-corrected chi connectivity index (χ4v) is 3.16. The highest BCUT2D eigenvalue weighted by atomic mass is 16.5. The molecule has 5 unspecified atom stereocenters. The van der Waals surface area contributed by atoms with Crippen LogP contribution in [0.15, 0.2) is 12.2 Å². The Balaban J connectivity index is 2.35. The average Bonchev–Trinajstić information content (AvgIpc) is 2.29. The molecule has 0 bridgehead atoms. The summed E-state index contributed by atoms with van der Waals surface area (Å²) in [5.41, 5.74) is 0.369. The Hall–Kier alpha value is -0.300. The molecule has 2 aliphatic rings. The van der Waals surface area contributed by atoms with E-state index in [1.165, 1.54) is 6.42 Å². The minimum atomic E-state index is 0.369. The molecule has 74 valence electrons. The average molecular weight is 180 g/mol. The van der Waals surface area contributed by atoms with Gasteiger partial charge in [0.1, 0.15) is 0 Å². The molecule has 0 aromatic carbocycles. The molecule has 1 saturated heterocycles. The van der Waals surface area contributed by atoms with Gasteiger partial charge in [0, 0.05) is 5.41 Å². The molecule has 0 radical (unpaired) electrons. The SMILES string of the molecule is CC1OC(C)C2(C)C(C)C=CCC12. The van der Waals surface area contributed by atoms with Crippen molar-refractivity contribution in [3.8, 4) is 0 Å². The van der Waals surface area contributed by atoms with Crippen LogP contribution in [0.3, 0.4) is 0 Å². The van der Waals surface area contributed by atoms with Gasteiger partial charge < -0.3 is 4.74 Å². The Bertz CT molecular complexity index is 233. The number of ether oxygens (including phenoxy) is 1. The maximum absolute atomic E-state index is 5.94. The van der Waals surface area contributed by atoms with Crippen molar-refractivity contribution < 1.29 is 4.74 Å². The normalized spacial score (nSPS) is 55.1. The largest absolute Gasteiger partial charge is 0.375 e. The molecular formula is C12H20O. The number of fused-ring (bicyclic) bond motifs is 1. The van der Waals surface area contributed by atoms with Gasteiger partial charge in [-0.2, -0.15) is 0 Å². The van der Waals surface area contributed by atoms with E-state index >= 15 is 0 Å². The smallest absolute Gasteiger partial charge is 0.0613 e. The zero-order valence-electron chi connectivity index (χ0n) is 9.08. The van der Waals surface area contributed by atoms with E-state index in [-0.39, 0.29) is 0 Å². The van der Waals surface area contributed by atoms with Crippen LogP contribution in [0.2, 0.25) is 0 Å². The molecule has 2 rings (SSSR count). The molecule has 0 N–H and O–H groups in total. The summed E-state index contributed by atoms with van der Waals surface area (Å²) in [6.45, 7) is 9.16. The van der Waals surface area contributed by atoms with Gasteiger partial charge >= 0.3 is 0 Å². The Morgan fingerprint density at radius 3 is 2.62 bits per heavy atom. The van der Waals surface area contributed by atoms with Crippen molar-refractivity contribution in [2.45, 2.75) is 46.3 Å². The van der Waals surface area contributed by atoms with Crippen LogP contribution in [-0.2, 0) is 4.74 Å². The lowest BCUT2D eigenvalue weighted by atomic mass is 9.62. The predicted octanol–water partition coefficient (Wildman–Crippen LogP) is 3.01. The van der Waals surface area contributed by atoms with Crippen LogP contribution in [0.4, 0.5) is 0 Å². The van der Waals surface area contributed by atoms with E-state index in [1.54, 1.807) is 0 Å². The summed E-state index contributed by atoms with van der Waals surface area (Å²) >= 11 is 0. The van der Waals surface area contributed by atoms with Crippen LogP contribution in [-0.4, -0.2) is 12.2 Å². The van der Waals surface area contributed by atoms with Gasteiger partial charge in [-0.15, -0.1) is 0 Å². The first-order valence-corrected chi connectivity index (χ1v) is 5.39. The van der Waals surface area contributed by atoms with E-state index in [4.69, 9.17) is 4.74 Å². The van der Waals surface area contributed by atoms with E-state index in [1.807, 2.05) is 0 Å². The van der Waals surface area contributed by atoms with Crippen LogP contribution >= 0.6 is 0 Å². The summed E-state index contributed by atoms with van der Waals surface area (Å²) in [6, 6.07) is 0. The van der Waals surface area contributed by atoms with Crippen molar-refractivity contribution in [2.24, 2.45) is 17.3 Å². The zero-order valence-corrected chi connectivity index (χ0v) is 9.08. The van der Waals surface area contributed by atoms with Gasteiger partial charge in [0.2, 0.25) is 0 Å². The van der Waals surface area contributed by atoms with Gasteiger partial charge in [-0.25, -0.2) is 0 Å². The molecule has 1 aliphatic carbocycles. The number of hydrogen-bond acceptors (Lipinski definition) is 1. The molecule has 1 fully saturated rings. The highest BCUT2D eigenvalue weighted by Gasteiger charge is 2.52. The van der Waals surface area contributed by atoms with Gasteiger partial charge in [0.05, 0.1) is 12.2 Å². The third-order valence-electron chi connectivity index (χ3n) is 4.46. The van der Waals surface area contributed by atoms with Crippen LogP contribution in [0.1, 0.15) is 34.1 Å². The Kier molecular flexibility index (Phi) is 2.03. The topological polar surface area (TPSA) is 9.23 Å². The number of hydrogen-bond donors (Lipinski definition) is 0. The molecule has 1 nitrogen and oxygen atoms in total. The van der Waals surface area contributed by atoms with E-state index in [0.29, 0.717) is 23.5 Å². The van der Waals surface area contributed by atoms with Gasteiger partial charge in [-0.1, -0.05) is 26.0 Å². The van der Waals surface area contributed by atoms with Crippen LogP contribution in [0.5, 0.6) is 0 Å². The van der Waals surface area contributed by atoms with E-state index in [9.17, 15) is 0 Å². The van der Waals surface area contributed by atoms with Crippen LogP contribution < -0.4 is 0 Å². The Morgan fingerprint density at radius 2 is 2.00 bits per heavy atom. The van der Waals surface area contributed by atoms with Gasteiger partial charge in [-0.3, -0.25) is 0 Å². The summed E-state index contributed by atoms with van der Waals surface area (Å²) in [4.78, 5) is 0. The second kappa shape index (κ2) is 2.84. The zero-order chi connectivity index (χ0) is 9.64. The molecular weight excluding hydrogens is 160 g/mol. The lowest BCUT2D eigenvalue weighted by Gasteiger charge is -2.40. The highest BCUT2D eigenvalue weighted by molar-refractivity contribution is 5.11. The molecule has 0 amide bonds. The second-order valence-corrected chi connectivity index (χ2v) is 4.91. The lowest BCUT2D eigenvalue weighted by Crippen LogP contribution is -2.39. The number of allylic oxidation sites excluding steroid dienone is 2. The minimum absolute atomic E-state index is 0.369. The first-order chi connectivity index (χ1) is 6.06. The Morgan fingerprint density at radius 1 is 1.31 bits per heavy atom. The summed E-state index contributed by atoms with van der Waals surface area (Å²) < 4.78 is 5.94. The standard InChI is InChI=1S/C12H20O/c1-8-6-5-7-11-9(2)13-10(3)12(8,11)4/h5-6,8-11H,7H2,1-4H3. The molecule has 1 heterocycles. The first kappa shape index (κ1) is 9.26.